The van der Waals surface area contributed by atoms with E-state index in [0.717, 1.165) is 11.1 Å². The van der Waals surface area contributed by atoms with Crippen LogP contribution in [0.4, 0.5) is 32.0 Å². The number of hydrogen-bond acceptors (Lipinski definition) is 4. The van der Waals surface area contributed by atoms with Crippen LogP contribution in [0, 0.1) is 18.8 Å². The fourth-order valence-corrected chi connectivity index (χ4v) is 4.89. The Hall–Kier alpha value is -3.90. The molecule has 0 aromatic heterocycles. The molecular formula is C29H32F6N4O3. The second kappa shape index (κ2) is 13.0. The molecule has 3 atom stereocenters. The van der Waals surface area contributed by atoms with Crippen molar-refractivity contribution < 1.29 is 40.7 Å². The van der Waals surface area contributed by atoms with Crippen LogP contribution >= 0.6 is 0 Å². The van der Waals surface area contributed by atoms with Gasteiger partial charge in [0.15, 0.2) is 0 Å². The number of fused-ring (bicyclic) bond motifs is 1. The lowest BCUT2D eigenvalue weighted by Crippen LogP contribution is -2.48. The van der Waals surface area contributed by atoms with Crippen molar-refractivity contribution in [2.45, 2.75) is 70.9 Å². The van der Waals surface area contributed by atoms with Gasteiger partial charge in [-0.1, -0.05) is 55.8 Å². The zero-order valence-corrected chi connectivity index (χ0v) is 23.2. The minimum Gasteiger partial charge on any atom is -0.369 e. The van der Waals surface area contributed by atoms with Gasteiger partial charge in [-0.2, -0.15) is 26.3 Å². The van der Waals surface area contributed by atoms with Gasteiger partial charge < -0.3 is 16.4 Å². The average Bonchev–Trinajstić information content (AvgIpc) is 3.00. The average molecular weight is 599 g/mol. The summed E-state index contributed by atoms with van der Waals surface area (Å²) in [6.07, 6.45) is -16.3. The van der Waals surface area contributed by atoms with E-state index in [2.05, 4.69) is 15.6 Å². The Kier molecular flexibility index (Phi) is 10.1. The molecule has 1 heterocycles. The molecule has 3 amide bonds. The van der Waals surface area contributed by atoms with Gasteiger partial charge in [-0.05, 0) is 37.3 Å². The summed E-state index contributed by atoms with van der Waals surface area (Å²) in [5.74, 6) is -7.22. The number of nitrogens with zero attached hydrogens (tertiary/aromatic N) is 1. The number of para-hydroxylation sites is 1. The Morgan fingerprint density at radius 1 is 0.976 bits per heavy atom. The molecule has 0 saturated heterocycles. The van der Waals surface area contributed by atoms with Crippen molar-refractivity contribution in [3.8, 4) is 0 Å². The van der Waals surface area contributed by atoms with Crippen molar-refractivity contribution >= 4 is 29.1 Å². The fraction of sp³-hybridized carbons (Fsp3) is 0.448. The number of amides is 3. The maximum Gasteiger partial charge on any atom is 0.389 e. The van der Waals surface area contributed by atoms with Crippen LogP contribution in [0.15, 0.2) is 47.5 Å². The number of nitrogens with one attached hydrogen (secondary N) is 2. The van der Waals surface area contributed by atoms with Gasteiger partial charge in [-0.25, -0.2) is 4.99 Å². The largest absolute Gasteiger partial charge is 0.389 e. The highest BCUT2D eigenvalue weighted by Crippen LogP contribution is 2.34. The minimum absolute atomic E-state index is 0.0399. The standard InChI is InChI=1S/C29H32F6N4O3/c1-15(2)18-8-5-9-21-22(17-7-4-6-16(3)14-17)37-25(27(42)38-23(18)21)39-26(41)20(11-13-29(33,34)35)19(24(36)40)10-12-28(30,31)32/h4-9,14-15,19-20,25H,10-13H2,1-3H3,(H2,36,40)(H,38,42)(H,39,41). The molecule has 2 aromatic rings. The van der Waals surface area contributed by atoms with Crippen molar-refractivity contribution in [1.82, 2.24) is 5.32 Å². The highest BCUT2D eigenvalue weighted by molar-refractivity contribution is 6.20. The van der Waals surface area contributed by atoms with E-state index in [1.165, 1.54) is 0 Å². The Balaban J connectivity index is 2.06. The maximum absolute atomic E-state index is 13.4. The lowest BCUT2D eigenvalue weighted by atomic mass is 9.83. The monoisotopic (exact) mass is 598 g/mol. The Bertz CT molecular complexity index is 1350. The number of alkyl halides is 6. The van der Waals surface area contributed by atoms with Gasteiger partial charge in [0, 0.05) is 35.8 Å². The first-order chi connectivity index (χ1) is 19.5. The lowest BCUT2D eigenvalue weighted by Gasteiger charge is -2.26. The number of rotatable bonds is 10. The molecule has 0 fully saturated rings. The van der Waals surface area contributed by atoms with Crippen LogP contribution in [-0.2, 0) is 14.4 Å². The Morgan fingerprint density at radius 3 is 2.12 bits per heavy atom. The predicted octanol–water partition coefficient (Wildman–Crippen LogP) is 5.75. The number of primary amides is 1. The summed E-state index contributed by atoms with van der Waals surface area (Å²) >= 11 is 0. The summed E-state index contributed by atoms with van der Waals surface area (Å²) in [4.78, 5) is 43.4. The zero-order chi connectivity index (χ0) is 31.4. The van der Waals surface area contributed by atoms with E-state index in [0.29, 0.717) is 22.5 Å². The molecule has 7 nitrogen and oxygen atoms in total. The number of anilines is 1. The van der Waals surface area contributed by atoms with Gasteiger partial charge in [-0.15, -0.1) is 0 Å². The number of halogens is 6. The Labute approximate surface area is 238 Å². The summed E-state index contributed by atoms with van der Waals surface area (Å²) in [6.45, 7) is 5.65. The van der Waals surface area contributed by atoms with E-state index >= 15 is 0 Å². The fourth-order valence-electron chi connectivity index (χ4n) is 4.89. The van der Waals surface area contributed by atoms with Crippen molar-refractivity contribution in [3.63, 3.8) is 0 Å². The first-order valence-corrected chi connectivity index (χ1v) is 13.3. The van der Waals surface area contributed by atoms with Crippen molar-refractivity contribution in [1.29, 1.82) is 0 Å². The van der Waals surface area contributed by atoms with E-state index < -0.39 is 73.8 Å². The highest BCUT2D eigenvalue weighted by Gasteiger charge is 2.40. The maximum atomic E-state index is 13.4. The van der Waals surface area contributed by atoms with E-state index in [1.807, 2.05) is 32.9 Å². The van der Waals surface area contributed by atoms with Crippen LogP contribution < -0.4 is 16.4 Å². The second-order valence-electron chi connectivity index (χ2n) is 10.6. The van der Waals surface area contributed by atoms with Gasteiger partial charge in [-0.3, -0.25) is 14.4 Å². The van der Waals surface area contributed by atoms with Crippen LogP contribution in [0.5, 0.6) is 0 Å². The lowest BCUT2D eigenvalue weighted by molar-refractivity contribution is -0.152. The third-order valence-corrected chi connectivity index (χ3v) is 6.96. The molecule has 0 saturated carbocycles. The number of carbonyl (C=O) groups excluding carboxylic acids is 3. The molecule has 0 radical (unpaired) electrons. The summed E-state index contributed by atoms with van der Waals surface area (Å²) in [5.41, 5.74) is 8.75. The minimum atomic E-state index is -4.77. The molecule has 4 N–H and O–H groups in total. The van der Waals surface area contributed by atoms with Gasteiger partial charge in [0.25, 0.3) is 5.91 Å². The van der Waals surface area contributed by atoms with Gasteiger partial charge in [0.1, 0.15) is 0 Å². The first kappa shape index (κ1) is 32.6. The molecule has 2 aromatic carbocycles. The molecule has 3 unspecified atom stereocenters. The smallest absolute Gasteiger partial charge is 0.369 e. The molecule has 0 aliphatic carbocycles. The zero-order valence-electron chi connectivity index (χ0n) is 23.2. The number of benzodiazepines with no additional fused rings is 1. The first-order valence-electron chi connectivity index (χ1n) is 13.3. The summed E-state index contributed by atoms with van der Waals surface area (Å²) in [7, 11) is 0. The van der Waals surface area contributed by atoms with Crippen LogP contribution in [0.25, 0.3) is 0 Å². The summed E-state index contributed by atoms with van der Waals surface area (Å²) < 4.78 is 78.1. The topological polar surface area (TPSA) is 114 Å². The normalized spacial score (nSPS) is 17.0. The number of benzene rings is 2. The number of nitrogens with two attached hydrogens (primary N) is 1. The third-order valence-electron chi connectivity index (χ3n) is 6.96. The van der Waals surface area contributed by atoms with Gasteiger partial charge >= 0.3 is 12.4 Å². The van der Waals surface area contributed by atoms with Crippen molar-refractivity contribution in [3.05, 3.63) is 64.7 Å². The van der Waals surface area contributed by atoms with Crippen molar-refractivity contribution in [2.75, 3.05) is 5.32 Å². The summed E-state index contributed by atoms with van der Waals surface area (Å²) in [6, 6.07) is 12.4. The molecule has 13 heteroatoms. The molecule has 42 heavy (non-hydrogen) atoms. The second-order valence-corrected chi connectivity index (χ2v) is 10.6. The number of hydrogen-bond donors (Lipinski definition) is 3. The number of aryl methyl sites for hydroxylation is 1. The third kappa shape index (κ3) is 8.56. The molecule has 1 aliphatic rings. The van der Waals surface area contributed by atoms with E-state index in [4.69, 9.17) is 5.73 Å². The van der Waals surface area contributed by atoms with Crippen LogP contribution in [0.1, 0.15) is 67.7 Å². The molecular weight excluding hydrogens is 566 g/mol. The molecule has 3 rings (SSSR count). The Morgan fingerprint density at radius 2 is 1.57 bits per heavy atom. The molecule has 0 spiro atoms. The van der Waals surface area contributed by atoms with E-state index in [1.54, 1.807) is 30.3 Å². The van der Waals surface area contributed by atoms with Crippen LogP contribution in [-0.4, -0.2) is 42.0 Å². The molecule has 1 aliphatic heterocycles. The number of aliphatic imine (C=N–C) groups is 1. The summed E-state index contributed by atoms with van der Waals surface area (Å²) in [5, 5.41) is 5.03. The molecule has 228 valence electrons. The highest BCUT2D eigenvalue weighted by atomic mass is 19.4. The van der Waals surface area contributed by atoms with Gasteiger partial charge in [0.05, 0.1) is 11.4 Å². The predicted molar refractivity (Wildman–Crippen MR) is 145 cm³/mol. The van der Waals surface area contributed by atoms with E-state index in [-0.39, 0.29) is 5.92 Å². The number of carbonyl (C=O) groups is 3. The van der Waals surface area contributed by atoms with E-state index in [9.17, 15) is 40.7 Å². The molecule has 0 bridgehead atoms. The SMILES string of the molecule is Cc1cccc(C2=NC(NC(=O)C(CCC(F)(F)F)C(CCC(F)(F)F)C(N)=O)C(=O)Nc3c2cccc3C(C)C)c1. The van der Waals surface area contributed by atoms with Gasteiger partial charge in [0.2, 0.25) is 18.0 Å². The van der Waals surface area contributed by atoms with Crippen LogP contribution in [0.2, 0.25) is 0 Å². The van der Waals surface area contributed by atoms with Crippen LogP contribution in [0.3, 0.4) is 0 Å². The van der Waals surface area contributed by atoms with Crippen molar-refractivity contribution in [2.24, 2.45) is 22.6 Å². The quantitative estimate of drug-likeness (QED) is 0.303.